The van der Waals surface area contributed by atoms with E-state index >= 15 is 0 Å². The Balaban J connectivity index is 1.60. The third-order valence-corrected chi connectivity index (χ3v) is 7.81. The first-order valence-electron chi connectivity index (χ1n) is 12.3. The molecule has 0 aliphatic rings. The molecular weight excluding hydrogens is 504 g/mol. The van der Waals surface area contributed by atoms with Crippen molar-refractivity contribution in [1.82, 2.24) is 5.32 Å². The van der Waals surface area contributed by atoms with E-state index in [1.165, 1.54) is 6.20 Å². The molecule has 0 fully saturated rings. The van der Waals surface area contributed by atoms with Gasteiger partial charge in [-0.15, -0.1) is 0 Å². The summed E-state index contributed by atoms with van der Waals surface area (Å²) < 4.78 is 26.5. The Bertz CT molecular complexity index is 1360. The molecule has 9 nitrogen and oxygen atoms in total. The van der Waals surface area contributed by atoms with Gasteiger partial charge in [0.05, 0.1) is 24.0 Å². The van der Waals surface area contributed by atoms with Gasteiger partial charge in [-0.3, -0.25) is 15.0 Å². The lowest BCUT2D eigenvalue weighted by molar-refractivity contribution is -0.614. The number of nitrogen functional groups attached to an aromatic ring is 1. The zero-order valence-electron chi connectivity index (χ0n) is 21.0. The predicted molar refractivity (Wildman–Crippen MR) is 145 cm³/mol. The minimum absolute atomic E-state index is 0.0343. The molecule has 0 spiro atoms. The molecule has 3 aromatic rings. The molecular formula is C28H32N4O5S. The number of carbonyl (C=O) groups excluding carboxylic acids is 2. The number of aryl methyl sites for hydroxylation is 2. The van der Waals surface area contributed by atoms with E-state index in [4.69, 9.17) is 11.1 Å². The molecule has 0 bridgehead atoms. The molecule has 0 radical (unpaired) electrons. The highest BCUT2D eigenvalue weighted by molar-refractivity contribution is 7.90. The number of hydrogen-bond donors (Lipinski definition) is 3. The minimum atomic E-state index is -3.64. The summed E-state index contributed by atoms with van der Waals surface area (Å²) in [5.41, 5.74) is 8.00. The lowest BCUT2D eigenvalue weighted by Crippen LogP contribution is -2.39. The first kappa shape index (κ1) is 28.5. The van der Waals surface area contributed by atoms with E-state index in [-0.39, 0.29) is 43.2 Å². The van der Waals surface area contributed by atoms with Crippen LogP contribution in [0.1, 0.15) is 35.2 Å². The number of nitrogens with two attached hydrogens (primary N) is 1. The van der Waals surface area contributed by atoms with Crippen molar-refractivity contribution >= 4 is 27.4 Å². The van der Waals surface area contributed by atoms with Crippen LogP contribution in [0.25, 0.3) is 0 Å². The van der Waals surface area contributed by atoms with Crippen molar-refractivity contribution in [3.05, 3.63) is 107 Å². The van der Waals surface area contributed by atoms with Crippen LogP contribution in [0.15, 0.2) is 79.0 Å². The molecule has 0 saturated heterocycles. The number of pyridine rings is 1. The van der Waals surface area contributed by atoms with Crippen molar-refractivity contribution < 1.29 is 22.7 Å². The maximum absolute atomic E-state index is 13.0. The second-order valence-electron chi connectivity index (χ2n) is 9.16. The van der Waals surface area contributed by atoms with Crippen LogP contribution in [0.4, 0.5) is 0 Å². The predicted octanol–water partition coefficient (Wildman–Crippen LogP) is 2.09. The SMILES string of the molecule is N=C(N)c1ccc(CCC(=O)CNC(=O)[C@@H](CCc2cccc[n+]2[O-])CS(=O)(=O)Cc2ccccc2)cc1. The molecule has 2 aromatic carbocycles. The number of aromatic nitrogens is 1. The number of benzene rings is 2. The van der Waals surface area contributed by atoms with Crippen LogP contribution in [0, 0.1) is 16.5 Å². The summed E-state index contributed by atoms with van der Waals surface area (Å²) in [5.74, 6) is -2.28. The van der Waals surface area contributed by atoms with Gasteiger partial charge in [0.15, 0.2) is 27.5 Å². The average molecular weight is 537 g/mol. The Labute approximate surface area is 222 Å². The molecule has 0 unspecified atom stereocenters. The topological polar surface area (TPSA) is 157 Å². The molecule has 0 aliphatic heterocycles. The maximum Gasteiger partial charge on any atom is 0.224 e. The first-order chi connectivity index (χ1) is 18.1. The third-order valence-electron chi connectivity index (χ3n) is 6.13. The number of sulfone groups is 1. The number of amides is 1. The van der Waals surface area contributed by atoms with Gasteiger partial charge in [-0.25, -0.2) is 8.42 Å². The summed E-state index contributed by atoms with van der Waals surface area (Å²) in [7, 11) is -3.64. The van der Waals surface area contributed by atoms with Crippen molar-refractivity contribution in [2.45, 2.75) is 31.4 Å². The number of carbonyl (C=O) groups is 2. The molecule has 3 rings (SSSR count). The van der Waals surface area contributed by atoms with Gasteiger partial charge in [-0.05, 0) is 24.0 Å². The Morgan fingerprint density at radius 3 is 2.29 bits per heavy atom. The van der Waals surface area contributed by atoms with Gasteiger partial charge in [-0.2, -0.15) is 4.73 Å². The van der Waals surface area contributed by atoms with Crippen molar-refractivity contribution in [3.63, 3.8) is 0 Å². The van der Waals surface area contributed by atoms with Crippen LogP contribution in [0.3, 0.4) is 0 Å². The molecule has 4 N–H and O–H groups in total. The monoisotopic (exact) mass is 536 g/mol. The number of hydrogen-bond acceptors (Lipinski definition) is 6. The first-order valence-corrected chi connectivity index (χ1v) is 14.1. The van der Waals surface area contributed by atoms with E-state index < -0.39 is 27.4 Å². The summed E-state index contributed by atoms with van der Waals surface area (Å²) in [6.45, 7) is -0.216. The summed E-state index contributed by atoms with van der Waals surface area (Å²) in [4.78, 5) is 25.5. The normalized spacial score (nSPS) is 12.0. The quantitative estimate of drug-likeness (QED) is 0.124. The molecule has 38 heavy (non-hydrogen) atoms. The molecule has 0 aliphatic carbocycles. The number of nitrogens with zero attached hydrogens (tertiary/aromatic N) is 1. The Morgan fingerprint density at radius 2 is 1.63 bits per heavy atom. The smallest absolute Gasteiger partial charge is 0.224 e. The third kappa shape index (κ3) is 9.11. The molecule has 200 valence electrons. The fourth-order valence-electron chi connectivity index (χ4n) is 4.02. The summed E-state index contributed by atoms with van der Waals surface area (Å²) in [6.07, 6.45) is 2.36. The fourth-order valence-corrected chi connectivity index (χ4v) is 5.77. The average Bonchev–Trinajstić information content (AvgIpc) is 2.89. The van der Waals surface area contributed by atoms with E-state index in [1.807, 2.05) is 0 Å². The van der Waals surface area contributed by atoms with Gasteiger partial charge in [-0.1, -0.05) is 60.7 Å². The number of ketones is 1. The van der Waals surface area contributed by atoms with Gasteiger partial charge < -0.3 is 16.3 Å². The molecule has 0 saturated carbocycles. The number of amidine groups is 1. The van der Waals surface area contributed by atoms with Crippen molar-refractivity contribution in [3.8, 4) is 0 Å². The van der Waals surface area contributed by atoms with Crippen LogP contribution in [0.2, 0.25) is 0 Å². The highest BCUT2D eigenvalue weighted by atomic mass is 32.2. The Morgan fingerprint density at radius 1 is 0.947 bits per heavy atom. The Hall–Kier alpha value is -4.05. The van der Waals surface area contributed by atoms with Gasteiger partial charge in [0.1, 0.15) is 5.84 Å². The van der Waals surface area contributed by atoms with E-state index in [0.29, 0.717) is 28.0 Å². The van der Waals surface area contributed by atoms with Crippen molar-refractivity contribution in [2.75, 3.05) is 12.3 Å². The highest BCUT2D eigenvalue weighted by Gasteiger charge is 2.27. The van der Waals surface area contributed by atoms with Gasteiger partial charge in [0, 0.05) is 30.5 Å². The lowest BCUT2D eigenvalue weighted by atomic mass is 10.0. The van der Waals surface area contributed by atoms with Crippen molar-refractivity contribution in [2.24, 2.45) is 11.7 Å². The van der Waals surface area contributed by atoms with Crippen LogP contribution < -0.4 is 15.8 Å². The molecule has 1 aromatic heterocycles. The zero-order valence-corrected chi connectivity index (χ0v) is 21.8. The van der Waals surface area contributed by atoms with E-state index in [0.717, 1.165) is 5.56 Å². The van der Waals surface area contributed by atoms with Crippen molar-refractivity contribution in [1.29, 1.82) is 5.41 Å². The second-order valence-corrected chi connectivity index (χ2v) is 11.3. The van der Waals surface area contributed by atoms with E-state index in [9.17, 15) is 23.2 Å². The summed E-state index contributed by atoms with van der Waals surface area (Å²) in [6, 6.07) is 20.7. The minimum Gasteiger partial charge on any atom is -0.619 e. The second kappa shape index (κ2) is 13.5. The number of rotatable bonds is 14. The van der Waals surface area contributed by atoms with Crippen LogP contribution >= 0.6 is 0 Å². The summed E-state index contributed by atoms with van der Waals surface area (Å²) >= 11 is 0. The van der Waals surface area contributed by atoms with E-state index in [2.05, 4.69) is 5.32 Å². The largest absolute Gasteiger partial charge is 0.619 e. The van der Waals surface area contributed by atoms with Crippen LogP contribution in [0.5, 0.6) is 0 Å². The van der Waals surface area contributed by atoms with Gasteiger partial charge in [0.25, 0.3) is 0 Å². The van der Waals surface area contributed by atoms with E-state index in [1.54, 1.807) is 72.8 Å². The maximum atomic E-state index is 13.0. The van der Waals surface area contributed by atoms with Gasteiger partial charge >= 0.3 is 0 Å². The van der Waals surface area contributed by atoms with Crippen LogP contribution in [-0.2, 0) is 38.0 Å². The molecule has 1 atom stereocenters. The lowest BCUT2D eigenvalue weighted by Gasteiger charge is -2.17. The molecule has 10 heteroatoms. The van der Waals surface area contributed by atoms with Crippen LogP contribution in [-0.4, -0.2) is 38.2 Å². The fraction of sp³-hybridized carbons (Fsp3) is 0.286. The highest BCUT2D eigenvalue weighted by Crippen LogP contribution is 2.15. The number of nitrogens with one attached hydrogen (secondary N) is 2. The number of Topliss-reactive ketones (excluding diaryl/α,β-unsaturated/α-hetero) is 1. The zero-order chi connectivity index (χ0) is 27.5. The molecule has 1 heterocycles. The standard InChI is InChI=1S/C28H32N4O5S/c29-27(30)23-12-9-21(10-13-23)11-16-26(33)18-31-28(34)24(14-15-25-8-4-5-17-32(25)35)20-38(36,37)19-22-6-2-1-3-7-22/h1-10,12-13,17,24H,11,14-16,18-20H2,(H3,29,30)(H,31,34)/t24-/m0/s1. The van der Waals surface area contributed by atoms with Gasteiger partial charge in [0.2, 0.25) is 5.91 Å². The Kier molecular flexibility index (Phi) is 10.1. The molecule has 1 amide bonds. The summed E-state index contributed by atoms with van der Waals surface area (Å²) in [5, 5.41) is 22.1.